The second-order valence-electron chi connectivity index (χ2n) is 5.85. The van der Waals surface area contributed by atoms with Crippen LogP contribution in [0.5, 0.6) is 5.75 Å². The molecule has 2 amide bonds. The van der Waals surface area contributed by atoms with E-state index >= 15 is 0 Å². The van der Waals surface area contributed by atoms with Gasteiger partial charge in [0.15, 0.2) is 11.5 Å². The van der Waals surface area contributed by atoms with Gasteiger partial charge in [-0.3, -0.25) is 9.59 Å². The van der Waals surface area contributed by atoms with E-state index < -0.39 is 29.3 Å². The van der Waals surface area contributed by atoms with Gasteiger partial charge in [0, 0.05) is 24.8 Å². The van der Waals surface area contributed by atoms with Crippen molar-refractivity contribution in [1.82, 2.24) is 9.88 Å². The number of piperazine rings is 1. The van der Waals surface area contributed by atoms with Gasteiger partial charge in [0.05, 0.1) is 13.3 Å². The summed E-state index contributed by atoms with van der Waals surface area (Å²) in [5, 5.41) is 0. The van der Waals surface area contributed by atoms with E-state index in [-0.39, 0.29) is 19.0 Å². The Kier molecular flexibility index (Phi) is 4.83. The number of methoxy groups -OCH3 is 1. The summed E-state index contributed by atoms with van der Waals surface area (Å²) in [6.45, 7) is 2.03. The molecule has 136 valence electrons. The Morgan fingerprint density at radius 1 is 1.23 bits per heavy atom. The van der Waals surface area contributed by atoms with Crippen molar-refractivity contribution < 1.29 is 23.1 Å². The molecule has 1 aromatic heterocycles. The van der Waals surface area contributed by atoms with Crippen LogP contribution in [-0.4, -0.2) is 47.9 Å². The van der Waals surface area contributed by atoms with Crippen LogP contribution >= 0.6 is 0 Å². The molecule has 1 fully saturated rings. The van der Waals surface area contributed by atoms with Crippen molar-refractivity contribution in [3.63, 3.8) is 0 Å². The lowest BCUT2D eigenvalue weighted by Gasteiger charge is -2.39. The van der Waals surface area contributed by atoms with Crippen LogP contribution in [0, 0.1) is 11.6 Å². The summed E-state index contributed by atoms with van der Waals surface area (Å²) in [7, 11) is 1.55. The van der Waals surface area contributed by atoms with Gasteiger partial charge < -0.3 is 14.5 Å². The van der Waals surface area contributed by atoms with Crippen molar-refractivity contribution >= 4 is 17.5 Å². The summed E-state index contributed by atoms with van der Waals surface area (Å²) in [5.74, 6) is -2.28. The minimum Gasteiger partial charge on any atom is -0.497 e. The number of ether oxygens (including phenoxy) is 1. The summed E-state index contributed by atoms with van der Waals surface area (Å²) in [6.07, 6.45) is 0.774. The molecule has 0 spiro atoms. The first-order valence-corrected chi connectivity index (χ1v) is 8.00. The quantitative estimate of drug-likeness (QED) is 0.841. The van der Waals surface area contributed by atoms with E-state index in [1.807, 2.05) is 0 Å². The summed E-state index contributed by atoms with van der Waals surface area (Å²) in [6, 6.07) is 6.78. The zero-order valence-electron chi connectivity index (χ0n) is 14.3. The van der Waals surface area contributed by atoms with Gasteiger partial charge in [0.1, 0.15) is 17.6 Å². The van der Waals surface area contributed by atoms with E-state index in [0.717, 1.165) is 6.20 Å². The highest BCUT2D eigenvalue weighted by molar-refractivity contribution is 6.02. The van der Waals surface area contributed by atoms with E-state index in [1.54, 1.807) is 43.2 Å². The fourth-order valence-electron chi connectivity index (χ4n) is 2.87. The Hall–Kier alpha value is -3.03. The van der Waals surface area contributed by atoms with Crippen LogP contribution in [0.15, 0.2) is 36.5 Å². The Labute approximate surface area is 149 Å². The summed E-state index contributed by atoms with van der Waals surface area (Å²) >= 11 is 0. The molecular formula is C18H17F2N3O3. The second-order valence-corrected chi connectivity index (χ2v) is 5.85. The minimum atomic E-state index is -1.05. The number of nitrogens with zero attached hydrogens (tertiary/aromatic N) is 3. The van der Waals surface area contributed by atoms with Crippen LogP contribution in [0.25, 0.3) is 0 Å². The number of hydrogen-bond donors (Lipinski definition) is 0. The number of amides is 2. The largest absolute Gasteiger partial charge is 0.497 e. The number of aromatic nitrogens is 1. The molecule has 1 saturated heterocycles. The first-order chi connectivity index (χ1) is 12.4. The maximum absolute atomic E-state index is 13.8. The molecule has 3 rings (SSSR count). The summed E-state index contributed by atoms with van der Waals surface area (Å²) in [5.41, 5.74) is 0.185. The molecule has 2 heterocycles. The lowest BCUT2D eigenvalue weighted by molar-refractivity contribution is -0.124. The van der Waals surface area contributed by atoms with Crippen LogP contribution < -0.4 is 9.64 Å². The van der Waals surface area contributed by atoms with Crippen molar-refractivity contribution in [3.8, 4) is 5.75 Å². The topological polar surface area (TPSA) is 62.7 Å². The van der Waals surface area contributed by atoms with Crippen molar-refractivity contribution in [1.29, 1.82) is 0 Å². The fraction of sp³-hybridized carbons (Fsp3) is 0.278. The van der Waals surface area contributed by atoms with E-state index in [2.05, 4.69) is 4.98 Å². The molecular weight excluding hydrogens is 344 g/mol. The molecule has 2 aromatic rings. The summed E-state index contributed by atoms with van der Waals surface area (Å²) in [4.78, 5) is 31.5. The van der Waals surface area contributed by atoms with E-state index in [4.69, 9.17) is 4.74 Å². The maximum Gasteiger partial charge on any atom is 0.276 e. The molecule has 0 unspecified atom stereocenters. The molecule has 1 aliphatic rings. The smallest absolute Gasteiger partial charge is 0.276 e. The standard InChI is InChI=1S/C18H17F2N3O3/c1-11-17(24)23(13-3-5-14(26-2)6-4-13)8-7-22(11)18(25)16-15(20)9-12(19)10-21-16/h3-6,9-11H,7-8H2,1-2H3/t11-/m1/s1. The van der Waals surface area contributed by atoms with E-state index in [0.29, 0.717) is 17.5 Å². The maximum atomic E-state index is 13.8. The molecule has 1 aromatic carbocycles. The van der Waals surface area contributed by atoms with Gasteiger partial charge in [-0.2, -0.15) is 0 Å². The number of carbonyl (C=O) groups excluding carboxylic acids is 2. The molecule has 1 aliphatic heterocycles. The van der Waals surface area contributed by atoms with Gasteiger partial charge >= 0.3 is 0 Å². The lowest BCUT2D eigenvalue weighted by Crippen LogP contribution is -2.58. The van der Waals surface area contributed by atoms with Crippen molar-refractivity contribution in [3.05, 3.63) is 53.9 Å². The monoisotopic (exact) mass is 361 g/mol. The average Bonchev–Trinajstić information content (AvgIpc) is 2.63. The van der Waals surface area contributed by atoms with Gasteiger partial charge in [-0.25, -0.2) is 13.8 Å². The predicted octanol–water partition coefficient (Wildman–Crippen LogP) is 2.25. The minimum absolute atomic E-state index is 0.205. The van der Waals surface area contributed by atoms with Crippen LogP contribution in [0.3, 0.4) is 0 Å². The van der Waals surface area contributed by atoms with Gasteiger partial charge in [0.25, 0.3) is 5.91 Å². The number of pyridine rings is 1. The third kappa shape index (κ3) is 3.22. The van der Waals surface area contributed by atoms with Gasteiger partial charge in [-0.05, 0) is 31.2 Å². The molecule has 6 nitrogen and oxygen atoms in total. The van der Waals surface area contributed by atoms with E-state index in [1.165, 1.54) is 4.90 Å². The number of hydrogen-bond acceptors (Lipinski definition) is 4. The Balaban J connectivity index is 1.79. The number of carbonyl (C=O) groups is 2. The number of halogens is 2. The Morgan fingerprint density at radius 2 is 1.92 bits per heavy atom. The molecule has 0 bridgehead atoms. The van der Waals surface area contributed by atoms with Crippen LogP contribution in [0.2, 0.25) is 0 Å². The van der Waals surface area contributed by atoms with Gasteiger partial charge in [0.2, 0.25) is 5.91 Å². The van der Waals surface area contributed by atoms with Crippen molar-refractivity contribution in [2.45, 2.75) is 13.0 Å². The molecule has 0 N–H and O–H groups in total. The van der Waals surface area contributed by atoms with Gasteiger partial charge in [-0.1, -0.05) is 0 Å². The first kappa shape index (κ1) is 17.8. The highest BCUT2D eigenvalue weighted by atomic mass is 19.1. The highest BCUT2D eigenvalue weighted by Crippen LogP contribution is 2.24. The molecule has 1 atom stereocenters. The molecule has 0 radical (unpaired) electrons. The van der Waals surface area contributed by atoms with Crippen molar-refractivity contribution in [2.75, 3.05) is 25.1 Å². The summed E-state index contributed by atoms with van der Waals surface area (Å²) < 4.78 is 31.9. The molecule has 26 heavy (non-hydrogen) atoms. The predicted molar refractivity (Wildman–Crippen MR) is 90.0 cm³/mol. The van der Waals surface area contributed by atoms with Gasteiger partial charge in [-0.15, -0.1) is 0 Å². The second kappa shape index (κ2) is 7.07. The Bertz CT molecular complexity index is 842. The third-order valence-corrected chi connectivity index (χ3v) is 4.31. The van der Waals surface area contributed by atoms with E-state index in [9.17, 15) is 18.4 Å². The first-order valence-electron chi connectivity index (χ1n) is 8.00. The number of anilines is 1. The normalized spacial score (nSPS) is 17.4. The Morgan fingerprint density at radius 3 is 2.54 bits per heavy atom. The number of benzene rings is 1. The van der Waals surface area contributed by atoms with Crippen LogP contribution in [-0.2, 0) is 4.79 Å². The molecule has 0 saturated carbocycles. The fourth-order valence-corrected chi connectivity index (χ4v) is 2.87. The molecule has 0 aliphatic carbocycles. The average molecular weight is 361 g/mol. The van der Waals surface area contributed by atoms with Crippen LogP contribution in [0.4, 0.5) is 14.5 Å². The number of rotatable bonds is 3. The molecule has 8 heteroatoms. The van der Waals surface area contributed by atoms with Crippen molar-refractivity contribution in [2.24, 2.45) is 0 Å². The zero-order chi connectivity index (χ0) is 18.8. The zero-order valence-corrected chi connectivity index (χ0v) is 14.3. The highest BCUT2D eigenvalue weighted by Gasteiger charge is 2.36. The van der Waals surface area contributed by atoms with Crippen LogP contribution in [0.1, 0.15) is 17.4 Å². The lowest BCUT2D eigenvalue weighted by atomic mass is 10.1. The SMILES string of the molecule is COc1ccc(N2CCN(C(=O)c3ncc(F)cc3F)[C@H](C)C2=O)cc1. The third-order valence-electron chi connectivity index (χ3n) is 4.31.